The zero-order valence-corrected chi connectivity index (χ0v) is 21.7. The molecular formula is C32H33N3O3. The number of fused-ring (bicyclic) bond motifs is 1. The van der Waals surface area contributed by atoms with Crippen LogP contribution < -0.4 is 16.0 Å². The molecule has 0 atom stereocenters. The summed E-state index contributed by atoms with van der Waals surface area (Å²) in [6.07, 6.45) is 8.13. The molecule has 0 saturated carbocycles. The highest BCUT2D eigenvalue weighted by molar-refractivity contribution is 5.99. The van der Waals surface area contributed by atoms with Gasteiger partial charge in [0, 0.05) is 42.0 Å². The van der Waals surface area contributed by atoms with E-state index < -0.39 is 5.91 Å². The third kappa shape index (κ3) is 5.49. The molecule has 0 aromatic heterocycles. The number of nitrogens with one attached hydrogen (secondary N) is 1. The molecule has 1 aliphatic carbocycles. The minimum atomic E-state index is -0.426. The molecule has 38 heavy (non-hydrogen) atoms. The highest BCUT2D eigenvalue weighted by Crippen LogP contribution is 2.30. The Morgan fingerprint density at radius 3 is 2.58 bits per heavy atom. The molecule has 0 radical (unpaired) electrons. The van der Waals surface area contributed by atoms with Crippen LogP contribution in [-0.4, -0.2) is 32.0 Å². The molecule has 0 spiro atoms. The number of carbonyl (C=O) groups excluding carboxylic acids is 2. The average Bonchev–Trinajstić information content (AvgIpc) is 2.96. The molecule has 3 N–H and O–H groups in total. The maximum absolute atomic E-state index is 12.9. The molecule has 6 heteroatoms. The Kier molecular flexibility index (Phi) is 7.59. The summed E-state index contributed by atoms with van der Waals surface area (Å²) in [4.78, 5) is 27.1. The van der Waals surface area contributed by atoms with Gasteiger partial charge in [-0.3, -0.25) is 9.59 Å². The fourth-order valence-corrected chi connectivity index (χ4v) is 5.30. The molecular weight excluding hydrogens is 474 g/mol. The van der Waals surface area contributed by atoms with E-state index in [-0.39, 0.29) is 5.91 Å². The van der Waals surface area contributed by atoms with Crippen LogP contribution in [-0.2, 0) is 17.7 Å². The van der Waals surface area contributed by atoms with E-state index in [1.54, 1.807) is 13.2 Å². The van der Waals surface area contributed by atoms with E-state index in [1.165, 1.54) is 16.8 Å². The van der Waals surface area contributed by atoms with E-state index in [0.717, 1.165) is 61.2 Å². The van der Waals surface area contributed by atoms with Gasteiger partial charge in [0.2, 0.25) is 5.91 Å². The zero-order valence-electron chi connectivity index (χ0n) is 21.7. The number of primary amides is 1. The summed E-state index contributed by atoms with van der Waals surface area (Å²) in [5.74, 6) is 0.353. The maximum atomic E-state index is 12.9. The van der Waals surface area contributed by atoms with Gasteiger partial charge < -0.3 is 20.7 Å². The number of nitrogens with two attached hydrogens (primary N) is 1. The molecule has 2 amide bonds. The number of nitrogens with zero attached hydrogens (tertiary/aromatic N) is 1. The molecule has 3 aromatic rings. The number of allylic oxidation sites excluding steroid dienone is 2. The lowest BCUT2D eigenvalue weighted by Gasteiger charge is -2.32. The number of ether oxygens (including phenoxy) is 1. The van der Waals surface area contributed by atoms with E-state index in [1.807, 2.05) is 42.5 Å². The smallest absolute Gasteiger partial charge is 0.251 e. The second-order valence-corrected chi connectivity index (χ2v) is 9.74. The van der Waals surface area contributed by atoms with Crippen LogP contribution in [0.1, 0.15) is 51.1 Å². The Bertz CT molecular complexity index is 1410. The van der Waals surface area contributed by atoms with Crippen molar-refractivity contribution in [1.29, 1.82) is 0 Å². The Balaban J connectivity index is 1.26. The molecule has 0 bridgehead atoms. The molecule has 0 saturated heterocycles. The fourth-order valence-electron chi connectivity index (χ4n) is 5.30. The van der Waals surface area contributed by atoms with Crippen molar-refractivity contribution < 1.29 is 14.3 Å². The summed E-state index contributed by atoms with van der Waals surface area (Å²) < 4.78 is 5.44. The summed E-state index contributed by atoms with van der Waals surface area (Å²) in [6, 6.07) is 21.7. The molecule has 0 fully saturated rings. The molecule has 194 valence electrons. The predicted molar refractivity (Wildman–Crippen MR) is 151 cm³/mol. The predicted octanol–water partition coefficient (Wildman–Crippen LogP) is 5.39. The first-order chi connectivity index (χ1) is 18.5. The van der Waals surface area contributed by atoms with Gasteiger partial charge in [-0.1, -0.05) is 48.5 Å². The lowest BCUT2D eigenvalue weighted by molar-refractivity contribution is 0.0955. The van der Waals surface area contributed by atoms with Crippen LogP contribution in [0, 0.1) is 0 Å². The van der Waals surface area contributed by atoms with Gasteiger partial charge in [-0.15, -0.1) is 0 Å². The first-order valence-corrected chi connectivity index (χ1v) is 13.1. The van der Waals surface area contributed by atoms with Crippen LogP contribution in [0.5, 0.6) is 0 Å². The minimum Gasteiger partial charge on any atom is -0.497 e. The summed E-state index contributed by atoms with van der Waals surface area (Å²) in [6.45, 7) is 2.20. The number of anilines is 1. The van der Waals surface area contributed by atoms with Crippen LogP contribution in [0.2, 0.25) is 0 Å². The lowest BCUT2D eigenvalue weighted by atomic mass is 9.97. The van der Waals surface area contributed by atoms with Crippen molar-refractivity contribution in [3.8, 4) is 11.1 Å². The molecule has 5 rings (SSSR count). The number of hydrogen-bond acceptors (Lipinski definition) is 4. The number of benzene rings is 3. The van der Waals surface area contributed by atoms with E-state index in [4.69, 9.17) is 10.5 Å². The van der Waals surface area contributed by atoms with Gasteiger partial charge in [-0.2, -0.15) is 0 Å². The summed E-state index contributed by atoms with van der Waals surface area (Å²) in [5.41, 5.74) is 13.2. The second kappa shape index (κ2) is 11.4. The molecule has 2 aliphatic rings. The monoisotopic (exact) mass is 507 g/mol. The summed E-state index contributed by atoms with van der Waals surface area (Å²) >= 11 is 0. The number of rotatable bonds is 8. The third-order valence-electron chi connectivity index (χ3n) is 7.25. The van der Waals surface area contributed by atoms with E-state index in [9.17, 15) is 9.59 Å². The van der Waals surface area contributed by atoms with Crippen LogP contribution >= 0.6 is 0 Å². The largest absolute Gasteiger partial charge is 0.497 e. The van der Waals surface area contributed by atoms with Crippen molar-refractivity contribution in [1.82, 2.24) is 5.32 Å². The van der Waals surface area contributed by atoms with E-state index in [2.05, 4.69) is 40.6 Å². The quantitative estimate of drug-likeness (QED) is 0.428. The molecule has 1 heterocycles. The number of carbonyl (C=O) groups is 2. The number of aryl methyl sites for hydroxylation is 1. The Morgan fingerprint density at radius 1 is 1.00 bits per heavy atom. The SMILES string of the molecule is COC1=CCCC=C1CNC(=O)c1ccc2c(c1)CCCN2Cc1ccc(-c2ccccc2C(N)=O)cc1. The van der Waals surface area contributed by atoms with Gasteiger partial charge in [-0.25, -0.2) is 0 Å². The molecule has 1 aliphatic heterocycles. The number of hydrogen-bond donors (Lipinski definition) is 2. The zero-order chi connectivity index (χ0) is 26.5. The summed E-state index contributed by atoms with van der Waals surface area (Å²) in [5, 5.41) is 3.05. The third-order valence-corrected chi connectivity index (χ3v) is 7.25. The molecule has 6 nitrogen and oxygen atoms in total. The van der Waals surface area contributed by atoms with Gasteiger partial charge in [0.15, 0.2) is 0 Å². The average molecular weight is 508 g/mol. The van der Waals surface area contributed by atoms with E-state index >= 15 is 0 Å². The number of methoxy groups -OCH3 is 1. The Labute approximate surface area is 223 Å². The van der Waals surface area contributed by atoms with Crippen LogP contribution in [0.3, 0.4) is 0 Å². The van der Waals surface area contributed by atoms with Gasteiger partial charge >= 0.3 is 0 Å². The first-order valence-electron chi connectivity index (χ1n) is 13.1. The van der Waals surface area contributed by atoms with Crippen LogP contribution in [0.4, 0.5) is 5.69 Å². The van der Waals surface area contributed by atoms with Crippen molar-refractivity contribution in [2.45, 2.75) is 32.2 Å². The first kappa shape index (κ1) is 25.3. The highest BCUT2D eigenvalue weighted by atomic mass is 16.5. The van der Waals surface area contributed by atoms with Crippen molar-refractivity contribution >= 4 is 17.5 Å². The van der Waals surface area contributed by atoms with Crippen molar-refractivity contribution in [3.63, 3.8) is 0 Å². The molecule has 3 aromatic carbocycles. The Hall–Kier alpha value is -4.32. The second-order valence-electron chi connectivity index (χ2n) is 9.74. The summed E-state index contributed by atoms with van der Waals surface area (Å²) in [7, 11) is 1.67. The Morgan fingerprint density at radius 2 is 1.79 bits per heavy atom. The fraction of sp³-hybridized carbons (Fsp3) is 0.250. The number of amides is 2. The van der Waals surface area contributed by atoms with E-state index in [0.29, 0.717) is 17.7 Å². The van der Waals surface area contributed by atoms with Crippen molar-refractivity contribution in [3.05, 3.63) is 112 Å². The van der Waals surface area contributed by atoms with Gasteiger partial charge in [0.05, 0.1) is 7.11 Å². The van der Waals surface area contributed by atoms with Crippen LogP contribution in [0.15, 0.2) is 90.2 Å². The van der Waals surface area contributed by atoms with Crippen molar-refractivity contribution in [2.75, 3.05) is 25.1 Å². The standard InChI is InChI=1S/C32H33N3O3/c1-38-30-11-5-2-7-26(30)20-34-32(37)25-16-17-29-24(19-25)8-6-18-35(29)21-22-12-14-23(15-13-22)27-9-3-4-10-28(27)31(33)36/h3-4,7,9-17,19H,2,5-6,8,18,20-21H2,1H3,(H2,33,36)(H,34,37). The van der Waals surface area contributed by atoms with Gasteiger partial charge in [-0.05, 0) is 78.3 Å². The molecule has 0 unspecified atom stereocenters. The maximum Gasteiger partial charge on any atom is 0.251 e. The normalized spacial score (nSPS) is 14.7. The minimum absolute atomic E-state index is 0.0707. The van der Waals surface area contributed by atoms with Crippen LogP contribution in [0.25, 0.3) is 11.1 Å². The van der Waals surface area contributed by atoms with Gasteiger partial charge in [0.25, 0.3) is 5.91 Å². The van der Waals surface area contributed by atoms with Crippen molar-refractivity contribution in [2.24, 2.45) is 5.73 Å². The highest BCUT2D eigenvalue weighted by Gasteiger charge is 2.20. The lowest BCUT2D eigenvalue weighted by Crippen LogP contribution is -2.30. The topological polar surface area (TPSA) is 84.7 Å². The van der Waals surface area contributed by atoms with Gasteiger partial charge in [0.1, 0.15) is 5.76 Å².